The number of furan rings is 2. The fourth-order valence-electron chi connectivity index (χ4n) is 2.27. The molecule has 3 aromatic rings. The Morgan fingerprint density at radius 2 is 2.00 bits per heavy atom. The van der Waals surface area contributed by atoms with Gasteiger partial charge in [0.05, 0.1) is 7.11 Å². The van der Waals surface area contributed by atoms with E-state index in [1.54, 1.807) is 7.11 Å². The summed E-state index contributed by atoms with van der Waals surface area (Å²) >= 11 is 3.28. The molecule has 3 rings (SSSR count). The van der Waals surface area contributed by atoms with Crippen molar-refractivity contribution in [2.75, 3.05) is 7.11 Å². The van der Waals surface area contributed by atoms with Crippen LogP contribution in [0.2, 0.25) is 0 Å². The predicted molar refractivity (Wildman–Crippen MR) is 79.9 cm³/mol. The van der Waals surface area contributed by atoms with Gasteiger partial charge in [0.1, 0.15) is 28.9 Å². The molecule has 0 spiro atoms. The SMILES string of the molecule is COc1ccc2c(C)c(C(N)c3ccc(Br)o3)oc2c1. The molecule has 0 saturated heterocycles. The molecule has 4 nitrogen and oxygen atoms in total. The number of halogens is 1. The summed E-state index contributed by atoms with van der Waals surface area (Å²) in [4.78, 5) is 0. The van der Waals surface area contributed by atoms with Crippen molar-refractivity contribution >= 4 is 26.9 Å². The van der Waals surface area contributed by atoms with Crippen molar-refractivity contribution in [3.05, 3.63) is 52.1 Å². The molecule has 104 valence electrons. The highest BCUT2D eigenvalue weighted by molar-refractivity contribution is 9.10. The van der Waals surface area contributed by atoms with Crippen LogP contribution < -0.4 is 10.5 Å². The molecule has 0 aliphatic rings. The minimum atomic E-state index is -0.431. The molecule has 0 aliphatic carbocycles. The summed E-state index contributed by atoms with van der Waals surface area (Å²) in [7, 11) is 1.63. The van der Waals surface area contributed by atoms with E-state index in [0.29, 0.717) is 16.2 Å². The molecule has 0 radical (unpaired) electrons. The highest BCUT2D eigenvalue weighted by Crippen LogP contribution is 2.34. The summed E-state index contributed by atoms with van der Waals surface area (Å²) in [6.45, 7) is 1.99. The molecule has 2 heterocycles. The average molecular weight is 336 g/mol. The molecule has 0 aliphatic heterocycles. The van der Waals surface area contributed by atoms with Crippen molar-refractivity contribution in [3.8, 4) is 5.75 Å². The molecule has 0 amide bonds. The van der Waals surface area contributed by atoms with Gasteiger partial charge in [-0.2, -0.15) is 0 Å². The van der Waals surface area contributed by atoms with E-state index in [2.05, 4.69) is 15.9 Å². The first-order valence-electron chi connectivity index (χ1n) is 6.18. The zero-order valence-electron chi connectivity index (χ0n) is 11.1. The summed E-state index contributed by atoms with van der Waals surface area (Å²) in [5.41, 5.74) is 8.00. The minimum Gasteiger partial charge on any atom is -0.497 e. The first kappa shape index (κ1) is 13.3. The molecular formula is C15H14BrNO3. The molecule has 0 fully saturated rings. The van der Waals surface area contributed by atoms with E-state index in [-0.39, 0.29) is 0 Å². The number of hydrogen-bond acceptors (Lipinski definition) is 4. The van der Waals surface area contributed by atoms with Gasteiger partial charge in [0.25, 0.3) is 0 Å². The van der Waals surface area contributed by atoms with Crippen LogP contribution >= 0.6 is 15.9 Å². The molecule has 20 heavy (non-hydrogen) atoms. The summed E-state index contributed by atoms with van der Waals surface area (Å²) in [5.74, 6) is 2.12. The van der Waals surface area contributed by atoms with Gasteiger partial charge in [-0.25, -0.2) is 0 Å². The van der Waals surface area contributed by atoms with Crippen LogP contribution in [-0.2, 0) is 0 Å². The van der Waals surface area contributed by atoms with Crippen molar-refractivity contribution in [2.45, 2.75) is 13.0 Å². The van der Waals surface area contributed by atoms with Gasteiger partial charge < -0.3 is 19.3 Å². The van der Waals surface area contributed by atoms with E-state index in [1.165, 1.54) is 0 Å². The first-order valence-corrected chi connectivity index (χ1v) is 6.97. The van der Waals surface area contributed by atoms with Crippen LogP contribution in [-0.4, -0.2) is 7.11 Å². The number of fused-ring (bicyclic) bond motifs is 1. The smallest absolute Gasteiger partial charge is 0.169 e. The quantitative estimate of drug-likeness (QED) is 0.780. The van der Waals surface area contributed by atoms with E-state index in [4.69, 9.17) is 19.3 Å². The van der Waals surface area contributed by atoms with Gasteiger partial charge in [0.2, 0.25) is 0 Å². The van der Waals surface area contributed by atoms with Crippen LogP contribution in [0, 0.1) is 6.92 Å². The van der Waals surface area contributed by atoms with Crippen molar-refractivity contribution in [1.29, 1.82) is 0 Å². The number of benzene rings is 1. The molecular weight excluding hydrogens is 322 g/mol. The van der Waals surface area contributed by atoms with Crippen LogP contribution in [0.5, 0.6) is 5.75 Å². The Kier molecular flexibility index (Phi) is 3.31. The van der Waals surface area contributed by atoms with Crippen molar-refractivity contribution in [2.24, 2.45) is 5.73 Å². The van der Waals surface area contributed by atoms with E-state index >= 15 is 0 Å². The summed E-state index contributed by atoms with van der Waals surface area (Å²) in [6, 6.07) is 8.96. The van der Waals surface area contributed by atoms with Crippen LogP contribution in [0.15, 0.2) is 43.8 Å². The van der Waals surface area contributed by atoms with Crippen LogP contribution in [0.25, 0.3) is 11.0 Å². The molecule has 1 aromatic carbocycles. The van der Waals surface area contributed by atoms with Gasteiger partial charge in [-0.3, -0.25) is 0 Å². The lowest BCUT2D eigenvalue weighted by molar-refractivity contribution is 0.412. The Labute approximate surface area is 124 Å². The lowest BCUT2D eigenvalue weighted by Crippen LogP contribution is -2.10. The second-order valence-electron chi connectivity index (χ2n) is 4.57. The lowest BCUT2D eigenvalue weighted by Gasteiger charge is -2.06. The number of aryl methyl sites for hydroxylation is 1. The topological polar surface area (TPSA) is 61.5 Å². The number of ether oxygens (including phenoxy) is 1. The van der Waals surface area contributed by atoms with Crippen LogP contribution in [0.1, 0.15) is 23.1 Å². The Morgan fingerprint density at radius 3 is 2.65 bits per heavy atom. The van der Waals surface area contributed by atoms with E-state index in [1.807, 2.05) is 37.3 Å². The normalized spacial score (nSPS) is 12.8. The second kappa shape index (κ2) is 5.00. The zero-order chi connectivity index (χ0) is 14.3. The third kappa shape index (κ3) is 2.13. The van der Waals surface area contributed by atoms with Gasteiger partial charge in [-0.1, -0.05) is 0 Å². The first-order chi connectivity index (χ1) is 9.60. The Hall–Kier alpha value is -1.72. The van der Waals surface area contributed by atoms with Gasteiger partial charge in [0.15, 0.2) is 4.67 Å². The highest BCUT2D eigenvalue weighted by Gasteiger charge is 2.21. The molecule has 1 atom stereocenters. The van der Waals surface area contributed by atoms with Crippen molar-refractivity contribution in [3.63, 3.8) is 0 Å². The lowest BCUT2D eigenvalue weighted by atomic mass is 10.1. The van der Waals surface area contributed by atoms with Crippen molar-refractivity contribution in [1.82, 2.24) is 0 Å². The molecule has 1 unspecified atom stereocenters. The maximum absolute atomic E-state index is 6.23. The maximum atomic E-state index is 6.23. The molecule has 0 bridgehead atoms. The summed E-state index contributed by atoms with van der Waals surface area (Å²) in [6.07, 6.45) is 0. The van der Waals surface area contributed by atoms with E-state index in [9.17, 15) is 0 Å². The largest absolute Gasteiger partial charge is 0.497 e. The number of rotatable bonds is 3. The van der Waals surface area contributed by atoms with E-state index < -0.39 is 6.04 Å². The van der Waals surface area contributed by atoms with E-state index in [0.717, 1.165) is 22.3 Å². The monoisotopic (exact) mass is 335 g/mol. The zero-order valence-corrected chi connectivity index (χ0v) is 12.7. The molecule has 5 heteroatoms. The number of methoxy groups -OCH3 is 1. The minimum absolute atomic E-state index is 0.431. The van der Waals surface area contributed by atoms with Crippen molar-refractivity contribution < 1.29 is 13.6 Å². The maximum Gasteiger partial charge on any atom is 0.169 e. The summed E-state index contributed by atoms with van der Waals surface area (Å²) < 4.78 is 17.2. The molecule has 2 N–H and O–H groups in total. The Morgan fingerprint density at radius 1 is 1.20 bits per heavy atom. The Balaban J connectivity index is 2.09. The van der Waals surface area contributed by atoms with Gasteiger partial charge >= 0.3 is 0 Å². The third-order valence-electron chi connectivity index (χ3n) is 3.37. The summed E-state index contributed by atoms with van der Waals surface area (Å²) in [5, 5.41) is 1.03. The standard InChI is InChI=1S/C15H14BrNO3/c1-8-10-4-3-9(18-2)7-12(10)20-15(8)14(17)11-5-6-13(16)19-11/h3-7,14H,17H2,1-2H3. The predicted octanol–water partition coefficient (Wildman–Crippen LogP) is 4.15. The second-order valence-corrected chi connectivity index (χ2v) is 5.35. The number of hydrogen-bond donors (Lipinski definition) is 1. The molecule has 2 aromatic heterocycles. The Bertz CT molecular complexity index is 760. The van der Waals surface area contributed by atoms with Crippen LogP contribution in [0.3, 0.4) is 0 Å². The highest BCUT2D eigenvalue weighted by atomic mass is 79.9. The molecule has 0 saturated carbocycles. The fourth-order valence-corrected chi connectivity index (χ4v) is 2.59. The number of nitrogens with two attached hydrogens (primary N) is 1. The van der Waals surface area contributed by atoms with Crippen LogP contribution in [0.4, 0.5) is 0 Å². The third-order valence-corrected chi connectivity index (χ3v) is 3.79. The average Bonchev–Trinajstić information content (AvgIpc) is 3.02. The van der Waals surface area contributed by atoms with Gasteiger partial charge in [-0.05, 0) is 47.1 Å². The van der Waals surface area contributed by atoms with Gasteiger partial charge in [0, 0.05) is 17.0 Å². The van der Waals surface area contributed by atoms with Gasteiger partial charge in [-0.15, -0.1) is 0 Å². The fraction of sp³-hybridized carbons (Fsp3) is 0.200.